The van der Waals surface area contributed by atoms with Crippen molar-refractivity contribution in [1.82, 2.24) is 0 Å². The molecule has 4 N–H and O–H groups in total. The molecule has 0 aromatic heterocycles. The number of nitrogen functional groups attached to an aromatic ring is 2. The van der Waals surface area contributed by atoms with Crippen molar-refractivity contribution in [2.75, 3.05) is 11.5 Å². The van der Waals surface area contributed by atoms with Gasteiger partial charge in [-0.1, -0.05) is 12.0 Å². The minimum atomic E-state index is 0.423. The third-order valence-electron chi connectivity index (χ3n) is 1.41. The van der Waals surface area contributed by atoms with Gasteiger partial charge < -0.3 is 11.5 Å². The first kappa shape index (κ1) is 8.15. The summed E-state index contributed by atoms with van der Waals surface area (Å²) in [7, 11) is 0. The average Bonchev–Trinajstić information content (AvgIpc) is 2.08. The predicted molar refractivity (Wildman–Crippen MR) is 48.2 cm³/mol. The Morgan fingerprint density at radius 1 is 1.33 bits per heavy atom. The Bertz CT molecular complexity index is 361. The van der Waals surface area contributed by atoms with E-state index in [0.717, 1.165) is 0 Å². The molecule has 0 saturated heterocycles. The lowest BCUT2D eigenvalue weighted by molar-refractivity contribution is -0.103. The highest BCUT2D eigenvalue weighted by Gasteiger charge is 1.97. The van der Waals surface area contributed by atoms with Crippen molar-refractivity contribution in [3.63, 3.8) is 0 Å². The van der Waals surface area contributed by atoms with E-state index in [1.165, 1.54) is 0 Å². The van der Waals surface area contributed by atoms with Gasteiger partial charge in [0.25, 0.3) is 0 Å². The molecule has 0 heterocycles. The van der Waals surface area contributed by atoms with Crippen molar-refractivity contribution >= 4 is 17.7 Å². The molecular formula is C9H8N2O. The van der Waals surface area contributed by atoms with E-state index in [1.54, 1.807) is 18.2 Å². The molecule has 1 aromatic rings. The van der Waals surface area contributed by atoms with Crippen molar-refractivity contribution in [3.05, 3.63) is 23.8 Å². The van der Waals surface area contributed by atoms with Crippen molar-refractivity contribution in [3.8, 4) is 11.8 Å². The van der Waals surface area contributed by atoms with Crippen LogP contribution >= 0.6 is 0 Å². The van der Waals surface area contributed by atoms with Crippen LogP contribution in [0.15, 0.2) is 18.2 Å². The van der Waals surface area contributed by atoms with Crippen LogP contribution in [-0.2, 0) is 4.79 Å². The minimum absolute atomic E-state index is 0.423. The molecule has 0 spiro atoms. The van der Waals surface area contributed by atoms with Gasteiger partial charge in [0.15, 0.2) is 6.29 Å². The summed E-state index contributed by atoms with van der Waals surface area (Å²) < 4.78 is 0. The van der Waals surface area contributed by atoms with Gasteiger partial charge in [-0.05, 0) is 18.1 Å². The second kappa shape index (κ2) is 3.44. The molecule has 0 atom stereocenters. The van der Waals surface area contributed by atoms with Crippen molar-refractivity contribution in [2.45, 2.75) is 0 Å². The fourth-order valence-electron chi connectivity index (χ4n) is 0.799. The van der Waals surface area contributed by atoms with Gasteiger partial charge in [0.1, 0.15) is 0 Å². The summed E-state index contributed by atoms with van der Waals surface area (Å²) in [6.07, 6.45) is 0.516. The Morgan fingerprint density at radius 3 is 2.75 bits per heavy atom. The van der Waals surface area contributed by atoms with E-state index in [2.05, 4.69) is 11.8 Å². The minimum Gasteiger partial charge on any atom is -0.397 e. The lowest BCUT2D eigenvalue weighted by Crippen LogP contribution is -1.96. The molecule has 3 heteroatoms. The van der Waals surface area contributed by atoms with E-state index in [-0.39, 0.29) is 0 Å². The average molecular weight is 160 g/mol. The van der Waals surface area contributed by atoms with Crippen molar-refractivity contribution in [1.29, 1.82) is 0 Å². The van der Waals surface area contributed by atoms with Crippen molar-refractivity contribution in [2.24, 2.45) is 0 Å². The van der Waals surface area contributed by atoms with Gasteiger partial charge in [-0.3, -0.25) is 4.79 Å². The quantitative estimate of drug-likeness (QED) is 0.328. The monoisotopic (exact) mass is 160 g/mol. The Kier molecular flexibility index (Phi) is 2.34. The number of aldehydes is 1. The van der Waals surface area contributed by atoms with Crippen molar-refractivity contribution < 1.29 is 4.79 Å². The topological polar surface area (TPSA) is 69.1 Å². The van der Waals surface area contributed by atoms with Gasteiger partial charge in [0, 0.05) is 0 Å². The van der Waals surface area contributed by atoms with Gasteiger partial charge in [-0.2, -0.15) is 0 Å². The number of rotatable bonds is 0. The fourth-order valence-corrected chi connectivity index (χ4v) is 0.799. The van der Waals surface area contributed by atoms with E-state index < -0.39 is 0 Å². The molecule has 3 nitrogen and oxygen atoms in total. The molecule has 0 bridgehead atoms. The number of carbonyl (C=O) groups excluding carboxylic acids is 1. The molecule has 1 aromatic carbocycles. The summed E-state index contributed by atoms with van der Waals surface area (Å²) in [6, 6.07) is 5.13. The second-order valence-corrected chi connectivity index (χ2v) is 2.20. The molecule has 0 unspecified atom stereocenters. The van der Waals surface area contributed by atoms with E-state index >= 15 is 0 Å². The Morgan fingerprint density at radius 2 is 2.08 bits per heavy atom. The zero-order chi connectivity index (χ0) is 8.97. The molecule has 1 rings (SSSR count). The van der Waals surface area contributed by atoms with Gasteiger partial charge in [0.2, 0.25) is 0 Å². The maximum atomic E-state index is 9.93. The van der Waals surface area contributed by atoms with Crippen LogP contribution in [0.4, 0.5) is 11.4 Å². The highest BCUT2D eigenvalue weighted by Crippen LogP contribution is 2.17. The molecule has 0 radical (unpaired) electrons. The zero-order valence-corrected chi connectivity index (χ0v) is 6.37. The zero-order valence-electron chi connectivity index (χ0n) is 6.37. The van der Waals surface area contributed by atoms with E-state index in [0.29, 0.717) is 23.2 Å². The molecular weight excluding hydrogens is 152 g/mol. The molecule has 60 valence electrons. The molecule has 12 heavy (non-hydrogen) atoms. The van der Waals surface area contributed by atoms with Crippen LogP contribution in [-0.4, -0.2) is 6.29 Å². The van der Waals surface area contributed by atoms with E-state index in [9.17, 15) is 4.79 Å². The molecule has 0 amide bonds. The molecule has 0 fully saturated rings. The Labute approximate surface area is 70.4 Å². The molecule has 0 saturated carbocycles. The smallest absolute Gasteiger partial charge is 0.193 e. The Hall–Kier alpha value is -1.95. The third kappa shape index (κ3) is 1.55. The maximum absolute atomic E-state index is 9.93. The predicted octanol–water partition coefficient (Wildman–Crippen LogP) is 0.401. The number of hydrogen-bond acceptors (Lipinski definition) is 3. The molecule has 0 aliphatic carbocycles. The summed E-state index contributed by atoms with van der Waals surface area (Å²) in [5, 5.41) is 0. The van der Waals surface area contributed by atoms with Crippen LogP contribution in [0, 0.1) is 11.8 Å². The summed E-state index contributed by atoms with van der Waals surface area (Å²) in [6.45, 7) is 0. The van der Waals surface area contributed by atoms with Gasteiger partial charge >= 0.3 is 0 Å². The lowest BCUT2D eigenvalue weighted by Gasteiger charge is -2.00. The van der Waals surface area contributed by atoms with Crippen LogP contribution in [0.2, 0.25) is 0 Å². The van der Waals surface area contributed by atoms with Gasteiger partial charge in [-0.15, -0.1) is 0 Å². The van der Waals surface area contributed by atoms with Crippen LogP contribution in [0.1, 0.15) is 5.56 Å². The number of carbonyl (C=O) groups is 1. The largest absolute Gasteiger partial charge is 0.397 e. The van der Waals surface area contributed by atoms with Crippen LogP contribution in [0.25, 0.3) is 0 Å². The SMILES string of the molecule is Nc1cccc(C#CC=O)c1N. The number of anilines is 2. The first-order valence-electron chi connectivity index (χ1n) is 3.35. The molecule has 0 aliphatic heterocycles. The normalized spacial score (nSPS) is 8.33. The summed E-state index contributed by atoms with van der Waals surface area (Å²) in [5.41, 5.74) is 12.6. The first-order valence-corrected chi connectivity index (χ1v) is 3.35. The van der Waals surface area contributed by atoms with Gasteiger partial charge in [0.05, 0.1) is 16.9 Å². The van der Waals surface area contributed by atoms with E-state index in [4.69, 9.17) is 11.5 Å². The summed E-state index contributed by atoms with van der Waals surface area (Å²) in [4.78, 5) is 9.93. The summed E-state index contributed by atoms with van der Waals surface area (Å²) >= 11 is 0. The highest BCUT2D eigenvalue weighted by atomic mass is 16.1. The van der Waals surface area contributed by atoms with Crippen LogP contribution in [0.3, 0.4) is 0 Å². The Balaban J connectivity index is 3.16. The lowest BCUT2D eigenvalue weighted by atomic mass is 10.1. The fraction of sp³-hybridized carbons (Fsp3) is 0. The second-order valence-electron chi connectivity index (χ2n) is 2.20. The van der Waals surface area contributed by atoms with Crippen LogP contribution < -0.4 is 11.5 Å². The van der Waals surface area contributed by atoms with Gasteiger partial charge in [-0.25, -0.2) is 0 Å². The summed E-state index contributed by atoms with van der Waals surface area (Å²) in [5.74, 6) is 4.85. The standard InChI is InChI=1S/C9H8N2O/c10-8-5-1-3-7(9(8)11)4-2-6-12/h1,3,5-6H,10-11H2. The number of para-hydroxylation sites is 1. The third-order valence-corrected chi connectivity index (χ3v) is 1.41. The number of nitrogens with two attached hydrogens (primary N) is 2. The van der Waals surface area contributed by atoms with Crippen LogP contribution in [0.5, 0.6) is 0 Å². The van der Waals surface area contributed by atoms with E-state index in [1.807, 2.05) is 0 Å². The highest BCUT2D eigenvalue weighted by molar-refractivity contribution is 5.78. The number of hydrogen-bond donors (Lipinski definition) is 2. The number of benzene rings is 1. The maximum Gasteiger partial charge on any atom is 0.193 e. The molecule has 0 aliphatic rings. The first-order chi connectivity index (χ1) is 5.75.